The lowest BCUT2D eigenvalue weighted by Gasteiger charge is -2.11. The van der Waals surface area contributed by atoms with Gasteiger partial charge in [0.25, 0.3) is 0 Å². The molecule has 0 aliphatic rings. The van der Waals surface area contributed by atoms with E-state index in [0.29, 0.717) is 4.90 Å². The molecule has 3 aromatic rings. The molecule has 1 unspecified atom stereocenters. The summed E-state index contributed by atoms with van der Waals surface area (Å²) in [6.07, 6.45) is -0.988. The van der Waals surface area contributed by atoms with E-state index in [1.54, 1.807) is 0 Å². The topological polar surface area (TPSA) is 37.6 Å². The van der Waals surface area contributed by atoms with E-state index in [4.69, 9.17) is 19.2 Å². The maximum Gasteiger partial charge on any atom is 0.228 e. The van der Waals surface area contributed by atoms with Crippen molar-refractivity contribution in [3.63, 3.8) is 0 Å². The van der Waals surface area contributed by atoms with Crippen LogP contribution in [0.15, 0.2) is 42.5 Å². The Kier molecular flexibility index (Phi) is 1.48. The third kappa shape index (κ3) is 2.97. The number of amides is 1. The number of likely N-dealkylation sites (N-methyl/N-ethyl adjacent to an activating group) is 1. The molecule has 0 saturated heterocycles. The summed E-state index contributed by atoms with van der Waals surface area (Å²) in [6, 6.07) is -0.921. The van der Waals surface area contributed by atoms with Crippen LogP contribution < -0.4 is 0 Å². The Labute approximate surface area is 156 Å². The lowest BCUT2D eigenvalue weighted by atomic mass is 10.1. The molecule has 0 saturated carbocycles. The Hall–Kier alpha value is -2.62. The van der Waals surface area contributed by atoms with Crippen LogP contribution in [0.25, 0.3) is 16.9 Å². The fourth-order valence-corrected chi connectivity index (χ4v) is 2.03. The van der Waals surface area contributed by atoms with Crippen molar-refractivity contribution >= 4 is 11.6 Å². The molecular weight excluding hydrogens is 286 g/mol. The zero-order chi connectivity index (χ0) is 28.4. The summed E-state index contributed by atoms with van der Waals surface area (Å²) in [4.78, 5) is 17.5. The van der Waals surface area contributed by atoms with Crippen LogP contribution in [-0.4, -0.2) is 34.2 Å². The van der Waals surface area contributed by atoms with Gasteiger partial charge in [0.15, 0.2) is 0 Å². The number of pyridine rings is 1. The molecule has 0 spiro atoms. The van der Waals surface area contributed by atoms with Gasteiger partial charge in [-0.05, 0) is 25.3 Å². The predicted octanol–water partition coefficient (Wildman–Crippen LogP) is 3.25. The van der Waals surface area contributed by atoms with Gasteiger partial charge in [-0.15, -0.1) is 0 Å². The summed E-state index contributed by atoms with van der Waals surface area (Å²) in [5.74, 6) is -1.24. The van der Waals surface area contributed by atoms with Crippen LogP contribution in [0.5, 0.6) is 0 Å². The quantitative estimate of drug-likeness (QED) is 0.742. The van der Waals surface area contributed by atoms with Crippen molar-refractivity contribution in [2.75, 3.05) is 14.0 Å². The summed E-state index contributed by atoms with van der Waals surface area (Å²) >= 11 is 0. The van der Waals surface area contributed by atoms with Crippen molar-refractivity contribution in [2.45, 2.75) is 20.1 Å². The maximum absolute atomic E-state index is 13.0. The second kappa shape index (κ2) is 5.88. The van der Waals surface area contributed by atoms with Crippen LogP contribution in [0.4, 0.5) is 0 Å². The minimum absolute atomic E-state index is 0.0312. The molecule has 118 valence electrons. The standard InChI is InChI=1S/C19H21N3O/c1-13-5-8-15(9-6-13)19-16(11-18(23)21(3)4)22-12-14(2)7-10-17(22)20-19/h5-10,12H,11H2,1-4H3/i1D3,2D3,3D3,5D,6D,8D,9D,11D. The second-order valence-electron chi connectivity index (χ2n) is 4.78. The van der Waals surface area contributed by atoms with E-state index in [1.807, 2.05) is 0 Å². The first-order valence-corrected chi connectivity index (χ1v) is 6.53. The molecule has 0 aliphatic carbocycles. The summed E-state index contributed by atoms with van der Waals surface area (Å²) < 4.78 is 111. The Balaban J connectivity index is 2.45. The monoisotopic (exact) mass is 321 g/mol. The van der Waals surface area contributed by atoms with Crippen LogP contribution >= 0.6 is 0 Å². The van der Waals surface area contributed by atoms with E-state index in [2.05, 4.69) is 4.98 Å². The first-order chi connectivity index (χ1) is 16.7. The fourth-order valence-electron chi connectivity index (χ4n) is 2.03. The van der Waals surface area contributed by atoms with Crippen molar-refractivity contribution in [3.8, 4) is 11.3 Å². The SMILES string of the molecule is [2H]c1c([2H])c(C([2H])([2H])[2H])c([2H])c([2H])c1-c1nc2ccc(C([2H])([2H])[2H])cn2c1C([2H])C(=O)N(C)C([2H])([2H])[2H]. The van der Waals surface area contributed by atoms with E-state index in [9.17, 15) is 4.79 Å². The molecule has 2 heterocycles. The Morgan fingerprint density at radius 1 is 1.30 bits per heavy atom. The molecule has 0 aliphatic heterocycles. The van der Waals surface area contributed by atoms with E-state index >= 15 is 0 Å². The van der Waals surface area contributed by atoms with E-state index in [0.717, 1.165) is 17.6 Å². The second-order valence-corrected chi connectivity index (χ2v) is 4.78. The van der Waals surface area contributed by atoms with Crippen LogP contribution in [0.3, 0.4) is 0 Å². The lowest BCUT2D eigenvalue weighted by molar-refractivity contribution is -0.128. The minimum atomic E-state index is -2.98. The number of imidazole rings is 1. The molecule has 0 bridgehead atoms. The van der Waals surface area contributed by atoms with Gasteiger partial charge < -0.3 is 9.30 Å². The average Bonchev–Trinajstić information content (AvgIpc) is 3.12. The van der Waals surface area contributed by atoms with Crippen molar-refractivity contribution in [1.82, 2.24) is 14.3 Å². The third-order valence-corrected chi connectivity index (χ3v) is 3.11. The van der Waals surface area contributed by atoms with Gasteiger partial charge in [0.2, 0.25) is 5.91 Å². The molecule has 1 atom stereocenters. The van der Waals surface area contributed by atoms with Crippen LogP contribution in [0, 0.1) is 13.7 Å². The van der Waals surface area contributed by atoms with Gasteiger partial charge >= 0.3 is 0 Å². The Bertz CT molecular complexity index is 1360. The largest absolute Gasteiger partial charge is 0.348 e. The number of aryl methyl sites for hydroxylation is 1. The van der Waals surface area contributed by atoms with Crippen molar-refractivity contribution in [1.29, 1.82) is 0 Å². The van der Waals surface area contributed by atoms with Gasteiger partial charge in [0.1, 0.15) is 5.65 Å². The van der Waals surface area contributed by atoms with Crippen LogP contribution in [0.2, 0.25) is 0 Å². The molecule has 1 aromatic carbocycles. The molecule has 3 rings (SSSR count). The average molecular weight is 321 g/mol. The molecule has 4 nitrogen and oxygen atoms in total. The molecule has 23 heavy (non-hydrogen) atoms. The molecule has 0 radical (unpaired) electrons. The van der Waals surface area contributed by atoms with Gasteiger partial charge in [-0.25, -0.2) is 4.98 Å². The zero-order valence-corrected chi connectivity index (χ0v) is 12.1. The molecule has 4 heteroatoms. The van der Waals surface area contributed by atoms with Gasteiger partial charge in [-0.1, -0.05) is 35.8 Å². The molecule has 0 N–H and O–H groups in total. The van der Waals surface area contributed by atoms with Crippen molar-refractivity contribution in [2.24, 2.45) is 0 Å². The third-order valence-electron chi connectivity index (χ3n) is 3.11. The summed E-state index contributed by atoms with van der Waals surface area (Å²) in [7, 11) is 0.939. The van der Waals surface area contributed by atoms with Crippen molar-refractivity contribution < 1.29 is 24.0 Å². The molecule has 0 fully saturated rings. The van der Waals surface area contributed by atoms with E-state index in [-0.39, 0.29) is 11.2 Å². The highest BCUT2D eigenvalue weighted by atomic mass is 16.2. The number of hydrogen-bond acceptors (Lipinski definition) is 2. The number of benzene rings is 1. The molecule has 1 amide bonds. The van der Waals surface area contributed by atoms with Gasteiger partial charge in [0, 0.05) is 39.5 Å². The minimum Gasteiger partial charge on any atom is -0.348 e. The summed E-state index contributed by atoms with van der Waals surface area (Å²) in [5.41, 5.74) is -2.45. The van der Waals surface area contributed by atoms with Crippen molar-refractivity contribution in [3.05, 3.63) is 59.3 Å². The van der Waals surface area contributed by atoms with Crippen LogP contribution in [0.1, 0.15) is 36.0 Å². The Morgan fingerprint density at radius 2 is 2.09 bits per heavy atom. The van der Waals surface area contributed by atoms with Gasteiger partial charge in [0.05, 0.1) is 23.3 Å². The van der Waals surface area contributed by atoms with Crippen LogP contribution in [-0.2, 0) is 11.2 Å². The highest BCUT2D eigenvalue weighted by molar-refractivity contribution is 5.81. The smallest absolute Gasteiger partial charge is 0.228 e. The zero-order valence-electron chi connectivity index (χ0n) is 26.1. The highest BCUT2D eigenvalue weighted by Crippen LogP contribution is 2.26. The Morgan fingerprint density at radius 3 is 2.78 bits per heavy atom. The number of rotatable bonds is 3. The summed E-state index contributed by atoms with van der Waals surface area (Å²) in [6.45, 7) is -8.52. The fraction of sp³-hybridized carbons (Fsp3) is 0.263. The van der Waals surface area contributed by atoms with Gasteiger partial charge in [-0.2, -0.15) is 0 Å². The van der Waals surface area contributed by atoms with Gasteiger partial charge in [-0.3, -0.25) is 4.79 Å². The first kappa shape index (κ1) is 5.78. The lowest BCUT2D eigenvalue weighted by Crippen LogP contribution is -2.24. The van der Waals surface area contributed by atoms with E-state index < -0.39 is 79.7 Å². The molecule has 2 aromatic heterocycles. The molecular formula is C19H21N3O. The normalized spacial score (nSPS) is 22.8. The number of nitrogens with zero attached hydrogens (tertiary/aromatic N) is 3. The number of carbonyl (C=O) groups is 1. The number of carbonyl (C=O) groups excluding carboxylic acids is 1. The summed E-state index contributed by atoms with van der Waals surface area (Å²) in [5, 5.41) is 0. The number of fused-ring (bicyclic) bond motifs is 1. The maximum atomic E-state index is 13.0. The highest BCUT2D eigenvalue weighted by Gasteiger charge is 2.18. The number of hydrogen-bond donors (Lipinski definition) is 0. The number of aromatic nitrogens is 2. The predicted molar refractivity (Wildman–Crippen MR) is 92.5 cm³/mol. The van der Waals surface area contributed by atoms with E-state index in [1.165, 1.54) is 12.1 Å². The first-order valence-electron chi connectivity index (χ1n) is 13.6.